The van der Waals surface area contributed by atoms with Crippen LogP contribution in [-0.4, -0.2) is 27.0 Å². The fourth-order valence-corrected chi connectivity index (χ4v) is 2.96. The molecule has 4 aromatic rings. The monoisotopic (exact) mass is 381 g/mol. The molecule has 0 amide bonds. The van der Waals surface area contributed by atoms with Gasteiger partial charge in [0.15, 0.2) is 5.82 Å². The van der Waals surface area contributed by atoms with Crippen molar-refractivity contribution in [2.75, 3.05) is 12.4 Å². The van der Waals surface area contributed by atoms with E-state index in [-0.39, 0.29) is 12.4 Å². The van der Waals surface area contributed by atoms with Gasteiger partial charge in [0.05, 0.1) is 7.11 Å². The van der Waals surface area contributed by atoms with E-state index >= 15 is 0 Å². The molecule has 0 aliphatic heterocycles. The van der Waals surface area contributed by atoms with Gasteiger partial charge in [-0.3, -0.25) is 0 Å². The molecule has 0 saturated heterocycles. The number of ether oxygens (including phenoxy) is 1. The maximum absolute atomic E-state index is 14.5. The Morgan fingerprint density at radius 2 is 2.04 bits per heavy atom. The molecule has 4 aromatic heterocycles. The molecule has 0 aliphatic carbocycles. The van der Waals surface area contributed by atoms with E-state index < -0.39 is 11.8 Å². The lowest BCUT2D eigenvalue weighted by Crippen LogP contribution is -2.05. The molecule has 0 aromatic carbocycles. The number of nitrogens with zero attached hydrogens (tertiary/aromatic N) is 3. The van der Waals surface area contributed by atoms with Crippen molar-refractivity contribution in [1.82, 2.24) is 19.9 Å². The normalized spacial score (nSPS) is 11.0. The zero-order valence-electron chi connectivity index (χ0n) is 15.0. The van der Waals surface area contributed by atoms with Gasteiger partial charge >= 0.3 is 0 Å². The number of methoxy groups -OCH3 is 1. The predicted molar refractivity (Wildman–Crippen MR) is 101 cm³/mol. The third-order valence-corrected chi connectivity index (χ3v) is 4.37. The van der Waals surface area contributed by atoms with Gasteiger partial charge in [-0.05, 0) is 35.4 Å². The maximum atomic E-state index is 14.5. The first-order chi connectivity index (χ1) is 13.6. The lowest BCUT2D eigenvalue weighted by atomic mass is 10.1. The summed E-state index contributed by atoms with van der Waals surface area (Å²) >= 11 is 0. The molecule has 0 aliphatic rings. The van der Waals surface area contributed by atoms with Gasteiger partial charge in [0, 0.05) is 42.5 Å². The van der Waals surface area contributed by atoms with Gasteiger partial charge in [0.1, 0.15) is 11.5 Å². The number of H-pyrrole nitrogens is 1. The summed E-state index contributed by atoms with van der Waals surface area (Å²) in [5.74, 6) is -0.811. The van der Waals surface area contributed by atoms with E-state index in [2.05, 4.69) is 25.3 Å². The van der Waals surface area contributed by atoms with Gasteiger partial charge < -0.3 is 15.0 Å². The minimum absolute atomic E-state index is 0.0650. The number of hydrogen-bond donors (Lipinski definition) is 2. The zero-order chi connectivity index (χ0) is 19.5. The summed E-state index contributed by atoms with van der Waals surface area (Å²) in [7, 11) is 1.35. The third-order valence-electron chi connectivity index (χ3n) is 4.37. The fraction of sp³-hybridized carbons (Fsp3) is 0.150. The lowest BCUT2D eigenvalue weighted by molar-refractivity contribution is 0.368. The molecule has 0 spiro atoms. The second-order valence-electron chi connectivity index (χ2n) is 6.22. The van der Waals surface area contributed by atoms with Crippen LogP contribution in [0.1, 0.15) is 16.7 Å². The number of pyridine rings is 3. The van der Waals surface area contributed by atoms with Crippen molar-refractivity contribution in [3.05, 3.63) is 77.4 Å². The Labute approximate surface area is 159 Å². The van der Waals surface area contributed by atoms with Crippen molar-refractivity contribution < 1.29 is 13.5 Å². The van der Waals surface area contributed by atoms with Crippen LogP contribution in [0, 0.1) is 11.8 Å². The minimum Gasteiger partial charge on any atom is -0.479 e. The van der Waals surface area contributed by atoms with Gasteiger partial charge in [-0.15, -0.1) is 0 Å². The largest absolute Gasteiger partial charge is 0.479 e. The van der Waals surface area contributed by atoms with Crippen LogP contribution in [0.2, 0.25) is 0 Å². The van der Waals surface area contributed by atoms with Crippen molar-refractivity contribution in [3.63, 3.8) is 0 Å². The van der Waals surface area contributed by atoms with Crippen molar-refractivity contribution in [2.24, 2.45) is 0 Å². The van der Waals surface area contributed by atoms with Crippen molar-refractivity contribution in [3.8, 4) is 5.88 Å². The molecule has 0 radical (unpaired) electrons. The first-order valence-electron chi connectivity index (χ1n) is 8.62. The van der Waals surface area contributed by atoms with E-state index in [4.69, 9.17) is 4.74 Å². The van der Waals surface area contributed by atoms with E-state index in [0.717, 1.165) is 16.6 Å². The van der Waals surface area contributed by atoms with E-state index in [0.29, 0.717) is 23.4 Å². The number of anilines is 1. The highest BCUT2D eigenvalue weighted by Crippen LogP contribution is 2.21. The summed E-state index contributed by atoms with van der Waals surface area (Å²) in [6.45, 7) is 0.258. The van der Waals surface area contributed by atoms with Crippen LogP contribution in [-0.2, 0) is 13.0 Å². The Morgan fingerprint density at radius 1 is 1.14 bits per heavy atom. The number of fused-ring (bicyclic) bond motifs is 1. The third kappa shape index (κ3) is 3.62. The highest BCUT2D eigenvalue weighted by Gasteiger charge is 2.11. The Balaban J connectivity index is 1.46. The van der Waals surface area contributed by atoms with E-state index in [1.807, 2.05) is 18.3 Å². The van der Waals surface area contributed by atoms with Crippen LogP contribution in [0.3, 0.4) is 0 Å². The molecule has 28 heavy (non-hydrogen) atoms. The highest BCUT2D eigenvalue weighted by molar-refractivity contribution is 5.79. The topological polar surface area (TPSA) is 75.7 Å². The van der Waals surface area contributed by atoms with Gasteiger partial charge in [0.2, 0.25) is 11.8 Å². The summed E-state index contributed by atoms with van der Waals surface area (Å²) in [6.07, 6.45) is 5.42. The summed E-state index contributed by atoms with van der Waals surface area (Å²) < 4.78 is 32.9. The highest BCUT2D eigenvalue weighted by atomic mass is 19.1. The second-order valence-corrected chi connectivity index (χ2v) is 6.22. The van der Waals surface area contributed by atoms with Crippen LogP contribution in [0.25, 0.3) is 11.0 Å². The molecule has 2 N–H and O–H groups in total. The average Bonchev–Trinajstić information content (AvgIpc) is 3.11. The SMILES string of the molecule is COc1ncc(CNc2ccc(Cc3c[nH]c4ncccc34)c(F)n2)cc1F. The number of halogens is 2. The first kappa shape index (κ1) is 17.8. The molecule has 0 fully saturated rings. The Kier molecular flexibility index (Phi) is 4.84. The maximum Gasteiger partial charge on any atom is 0.250 e. The summed E-state index contributed by atoms with van der Waals surface area (Å²) in [4.78, 5) is 15.1. The molecule has 0 unspecified atom stereocenters. The minimum atomic E-state index is -0.553. The smallest absolute Gasteiger partial charge is 0.250 e. The number of aromatic nitrogens is 4. The molecule has 0 atom stereocenters. The van der Waals surface area contributed by atoms with Gasteiger partial charge in [0.25, 0.3) is 0 Å². The number of aromatic amines is 1. The summed E-state index contributed by atoms with van der Waals surface area (Å²) in [5, 5.41) is 3.92. The molecule has 8 heteroatoms. The van der Waals surface area contributed by atoms with Crippen molar-refractivity contribution in [1.29, 1.82) is 0 Å². The summed E-state index contributed by atoms with van der Waals surface area (Å²) in [6, 6.07) is 8.48. The molecule has 0 bridgehead atoms. The molecule has 4 rings (SSSR count). The van der Waals surface area contributed by atoms with Crippen LogP contribution in [0.5, 0.6) is 5.88 Å². The molecule has 142 valence electrons. The number of rotatable bonds is 6. The molecule has 0 saturated carbocycles. The lowest BCUT2D eigenvalue weighted by Gasteiger charge is -2.09. The standard InChI is InChI=1S/C20H17F2N5O/c1-28-20-16(21)7-12(10-26-20)9-24-17-5-4-13(18(22)27-17)8-14-11-25-19-15(14)3-2-6-23-19/h2-7,10-11H,8-9H2,1H3,(H,23,25)(H,24,27). The quantitative estimate of drug-likeness (QED) is 0.496. The van der Waals surface area contributed by atoms with Gasteiger partial charge in [-0.2, -0.15) is 4.39 Å². The van der Waals surface area contributed by atoms with Crippen LogP contribution in [0.15, 0.2) is 48.9 Å². The zero-order valence-corrected chi connectivity index (χ0v) is 15.0. The fourth-order valence-electron chi connectivity index (χ4n) is 2.96. The van der Waals surface area contributed by atoms with Crippen molar-refractivity contribution >= 4 is 16.9 Å². The Bertz CT molecular complexity index is 1130. The van der Waals surface area contributed by atoms with Gasteiger partial charge in [-0.1, -0.05) is 6.07 Å². The molecular weight excluding hydrogens is 364 g/mol. The van der Waals surface area contributed by atoms with Crippen LogP contribution < -0.4 is 10.1 Å². The van der Waals surface area contributed by atoms with E-state index in [9.17, 15) is 8.78 Å². The van der Waals surface area contributed by atoms with Crippen molar-refractivity contribution in [2.45, 2.75) is 13.0 Å². The predicted octanol–water partition coefficient (Wildman–Crippen LogP) is 3.84. The molecular formula is C20H17F2N5O. The first-order valence-corrected chi connectivity index (χ1v) is 8.62. The Hall–Kier alpha value is -3.55. The number of hydrogen-bond acceptors (Lipinski definition) is 5. The van der Waals surface area contributed by atoms with E-state index in [1.54, 1.807) is 18.3 Å². The van der Waals surface area contributed by atoms with Gasteiger partial charge in [-0.25, -0.2) is 19.3 Å². The second kappa shape index (κ2) is 7.59. The average molecular weight is 381 g/mol. The van der Waals surface area contributed by atoms with Crippen LogP contribution in [0.4, 0.5) is 14.6 Å². The molecule has 4 heterocycles. The van der Waals surface area contributed by atoms with Crippen LogP contribution >= 0.6 is 0 Å². The molecule has 6 nitrogen and oxygen atoms in total. The summed E-state index contributed by atoms with van der Waals surface area (Å²) in [5.41, 5.74) is 2.79. The Morgan fingerprint density at radius 3 is 2.82 bits per heavy atom. The number of nitrogens with one attached hydrogen (secondary N) is 2. The van der Waals surface area contributed by atoms with E-state index in [1.165, 1.54) is 19.4 Å².